The fraction of sp³-hybridized carbons (Fsp3) is 1.00. The topological polar surface area (TPSA) is 6.48 Å². The van der Waals surface area contributed by atoms with Crippen LogP contribution in [0, 0.1) is 0 Å². The fourth-order valence-corrected chi connectivity index (χ4v) is 3.92. The molecule has 2 atom stereocenters. The molecule has 0 radical (unpaired) electrons. The first-order valence-electron chi connectivity index (χ1n) is 6.93. The molecule has 2 heterocycles. The number of rotatable bonds is 2. The molecule has 15 heavy (non-hydrogen) atoms. The van der Waals surface area contributed by atoms with Crippen molar-refractivity contribution in [3.63, 3.8) is 0 Å². The van der Waals surface area contributed by atoms with Gasteiger partial charge in [0.2, 0.25) is 0 Å². The van der Waals surface area contributed by atoms with Crippen LogP contribution in [-0.4, -0.2) is 48.1 Å². The average molecular weight is 208 g/mol. The second-order valence-electron chi connectivity index (χ2n) is 5.55. The maximum atomic E-state index is 2.79. The Labute approximate surface area is 93.6 Å². The van der Waals surface area contributed by atoms with Crippen molar-refractivity contribution in [1.29, 1.82) is 0 Å². The van der Waals surface area contributed by atoms with Crippen LogP contribution in [-0.2, 0) is 0 Å². The Morgan fingerprint density at radius 3 is 1.33 bits per heavy atom. The van der Waals surface area contributed by atoms with E-state index in [0.717, 1.165) is 12.1 Å². The highest BCUT2D eigenvalue weighted by atomic mass is 15.3. The van der Waals surface area contributed by atoms with Crippen molar-refractivity contribution in [1.82, 2.24) is 9.80 Å². The highest BCUT2D eigenvalue weighted by Gasteiger charge is 2.37. The van der Waals surface area contributed by atoms with E-state index in [4.69, 9.17) is 0 Å². The third kappa shape index (κ3) is 1.94. The maximum Gasteiger partial charge on any atom is 0.0251 e. The molecule has 0 aromatic rings. The smallest absolute Gasteiger partial charge is 0.0251 e. The van der Waals surface area contributed by atoms with E-state index in [9.17, 15) is 0 Å². The molecule has 0 bridgehead atoms. The Kier molecular flexibility index (Phi) is 2.98. The van der Waals surface area contributed by atoms with Gasteiger partial charge >= 0.3 is 0 Å². The monoisotopic (exact) mass is 208 g/mol. The van der Waals surface area contributed by atoms with Crippen LogP contribution in [0.1, 0.15) is 44.9 Å². The molecular formula is C13H24N2. The molecule has 3 rings (SSSR count). The molecular weight excluding hydrogens is 184 g/mol. The van der Waals surface area contributed by atoms with Gasteiger partial charge in [0, 0.05) is 12.1 Å². The summed E-state index contributed by atoms with van der Waals surface area (Å²) >= 11 is 0. The predicted molar refractivity (Wildman–Crippen MR) is 63.0 cm³/mol. The molecule has 1 saturated carbocycles. The van der Waals surface area contributed by atoms with Gasteiger partial charge in [-0.05, 0) is 64.7 Å². The lowest BCUT2D eigenvalue weighted by molar-refractivity contribution is 0.132. The lowest BCUT2D eigenvalue weighted by Crippen LogP contribution is -2.46. The van der Waals surface area contributed by atoms with Crippen molar-refractivity contribution >= 4 is 0 Å². The van der Waals surface area contributed by atoms with Crippen molar-refractivity contribution in [3.8, 4) is 0 Å². The second kappa shape index (κ2) is 4.42. The zero-order valence-electron chi connectivity index (χ0n) is 9.83. The summed E-state index contributed by atoms with van der Waals surface area (Å²) in [6, 6.07) is 1.84. The molecule has 0 aromatic carbocycles. The standard InChI is InChI=1S/C13H24N2/c1-2-9-14(8-1)12-6-5-7-13(12)15-10-3-4-11-15/h12-13H,1-11H2/t12-,13+. The minimum atomic E-state index is 0.922. The number of nitrogens with zero attached hydrogens (tertiary/aromatic N) is 2. The molecule has 0 N–H and O–H groups in total. The summed E-state index contributed by atoms with van der Waals surface area (Å²) in [6.45, 7) is 5.54. The van der Waals surface area contributed by atoms with Gasteiger partial charge in [0.1, 0.15) is 0 Å². The van der Waals surface area contributed by atoms with Crippen LogP contribution in [0.2, 0.25) is 0 Å². The summed E-state index contributed by atoms with van der Waals surface area (Å²) in [5, 5.41) is 0. The van der Waals surface area contributed by atoms with Crippen LogP contribution >= 0.6 is 0 Å². The Morgan fingerprint density at radius 2 is 0.933 bits per heavy atom. The number of hydrogen-bond acceptors (Lipinski definition) is 2. The minimum absolute atomic E-state index is 0.922. The normalized spacial score (nSPS) is 39.2. The highest BCUT2D eigenvalue weighted by Crippen LogP contribution is 2.32. The van der Waals surface area contributed by atoms with Gasteiger partial charge in [-0.2, -0.15) is 0 Å². The first kappa shape index (κ1) is 10.1. The van der Waals surface area contributed by atoms with Gasteiger partial charge < -0.3 is 0 Å². The summed E-state index contributed by atoms with van der Waals surface area (Å²) in [7, 11) is 0. The lowest BCUT2D eigenvalue weighted by Gasteiger charge is -2.34. The van der Waals surface area contributed by atoms with E-state index < -0.39 is 0 Å². The Hall–Kier alpha value is -0.0800. The van der Waals surface area contributed by atoms with E-state index in [0.29, 0.717) is 0 Å². The van der Waals surface area contributed by atoms with Crippen molar-refractivity contribution in [3.05, 3.63) is 0 Å². The zero-order valence-corrected chi connectivity index (χ0v) is 9.83. The van der Waals surface area contributed by atoms with E-state index >= 15 is 0 Å². The minimum Gasteiger partial charge on any atom is -0.299 e. The van der Waals surface area contributed by atoms with E-state index in [1.165, 1.54) is 71.1 Å². The van der Waals surface area contributed by atoms with Crippen molar-refractivity contribution in [2.24, 2.45) is 0 Å². The van der Waals surface area contributed by atoms with Crippen LogP contribution in [0.15, 0.2) is 0 Å². The van der Waals surface area contributed by atoms with Gasteiger partial charge in [0.05, 0.1) is 0 Å². The Bertz CT molecular complexity index is 183. The predicted octanol–water partition coefficient (Wildman–Crippen LogP) is 2.10. The van der Waals surface area contributed by atoms with Crippen molar-refractivity contribution in [2.75, 3.05) is 26.2 Å². The van der Waals surface area contributed by atoms with Gasteiger partial charge in [-0.1, -0.05) is 6.42 Å². The van der Waals surface area contributed by atoms with Gasteiger partial charge in [-0.25, -0.2) is 0 Å². The Morgan fingerprint density at radius 1 is 0.533 bits per heavy atom. The molecule has 86 valence electrons. The summed E-state index contributed by atoms with van der Waals surface area (Å²) in [5.74, 6) is 0. The van der Waals surface area contributed by atoms with Crippen LogP contribution in [0.3, 0.4) is 0 Å². The van der Waals surface area contributed by atoms with Crippen LogP contribution in [0.4, 0.5) is 0 Å². The molecule has 3 fully saturated rings. The van der Waals surface area contributed by atoms with Crippen molar-refractivity contribution < 1.29 is 0 Å². The molecule has 2 heteroatoms. The molecule has 0 amide bonds. The van der Waals surface area contributed by atoms with E-state index in [1.54, 1.807) is 0 Å². The van der Waals surface area contributed by atoms with Crippen LogP contribution < -0.4 is 0 Å². The van der Waals surface area contributed by atoms with Crippen molar-refractivity contribution in [2.45, 2.75) is 57.0 Å². The number of hydrogen-bond donors (Lipinski definition) is 0. The first-order chi connectivity index (χ1) is 7.45. The lowest BCUT2D eigenvalue weighted by atomic mass is 10.1. The summed E-state index contributed by atoms with van der Waals surface area (Å²) < 4.78 is 0. The molecule has 0 spiro atoms. The quantitative estimate of drug-likeness (QED) is 0.685. The van der Waals surface area contributed by atoms with Gasteiger partial charge in [0.25, 0.3) is 0 Å². The fourth-order valence-electron chi connectivity index (χ4n) is 3.92. The Balaban J connectivity index is 1.65. The molecule has 0 aromatic heterocycles. The largest absolute Gasteiger partial charge is 0.299 e. The van der Waals surface area contributed by atoms with E-state index in [1.807, 2.05) is 0 Å². The molecule has 2 saturated heterocycles. The van der Waals surface area contributed by atoms with E-state index in [-0.39, 0.29) is 0 Å². The third-order valence-corrected chi connectivity index (χ3v) is 4.66. The van der Waals surface area contributed by atoms with Gasteiger partial charge in [-0.15, -0.1) is 0 Å². The molecule has 1 aliphatic carbocycles. The van der Waals surface area contributed by atoms with Gasteiger partial charge in [-0.3, -0.25) is 9.80 Å². The van der Waals surface area contributed by atoms with E-state index in [2.05, 4.69) is 9.80 Å². The van der Waals surface area contributed by atoms with Gasteiger partial charge in [0.15, 0.2) is 0 Å². The van der Waals surface area contributed by atoms with Crippen LogP contribution in [0.25, 0.3) is 0 Å². The molecule has 2 nitrogen and oxygen atoms in total. The molecule has 3 aliphatic rings. The first-order valence-corrected chi connectivity index (χ1v) is 6.93. The zero-order chi connectivity index (χ0) is 10.1. The SMILES string of the molecule is C1C[C@@H](N2CCCC2)[C@@H](N2CCCC2)C1. The third-order valence-electron chi connectivity index (χ3n) is 4.66. The van der Waals surface area contributed by atoms with Crippen LogP contribution in [0.5, 0.6) is 0 Å². The average Bonchev–Trinajstić information content (AvgIpc) is 3.01. The molecule has 0 unspecified atom stereocenters. The number of likely N-dealkylation sites (tertiary alicyclic amines) is 2. The molecule has 2 aliphatic heterocycles. The summed E-state index contributed by atoms with van der Waals surface area (Å²) in [5.41, 5.74) is 0. The summed E-state index contributed by atoms with van der Waals surface area (Å²) in [6.07, 6.45) is 10.2. The second-order valence-corrected chi connectivity index (χ2v) is 5.55. The summed E-state index contributed by atoms with van der Waals surface area (Å²) in [4.78, 5) is 5.58. The highest BCUT2D eigenvalue weighted by molar-refractivity contribution is 4.94. The maximum absolute atomic E-state index is 2.79.